The normalized spacial score (nSPS) is 12.0. The highest BCUT2D eigenvalue weighted by atomic mass is 16.5. The minimum absolute atomic E-state index is 0.0387. The van der Waals surface area contributed by atoms with Crippen LogP contribution in [-0.4, -0.2) is 12.6 Å². The van der Waals surface area contributed by atoms with Crippen molar-refractivity contribution in [1.29, 1.82) is 0 Å². The van der Waals surface area contributed by atoms with Gasteiger partial charge < -0.3 is 9.47 Å². The summed E-state index contributed by atoms with van der Waals surface area (Å²) in [6.45, 7) is 7.43. The number of hydrogen-bond donors (Lipinski definition) is 0. The van der Waals surface area contributed by atoms with Crippen LogP contribution in [0.2, 0.25) is 0 Å². The minimum atomic E-state index is -0.306. The molecule has 0 aliphatic rings. The van der Waals surface area contributed by atoms with E-state index in [0.29, 0.717) is 11.3 Å². The molecule has 2 aromatic rings. The second-order valence-corrected chi connectivity index (χ2v) is 12.6. The van der Waals surface area contributed by atoms with Gasteiger partial charge in [-0.05, 0) is 61.6 Å². The molecule has 242 valence electrons. The fraction of sp³-hybridized carbons (Fsp3) is 0.675. The van der Waals surface area contributed by atoms with Gasteiger partial charge in [-0.1, -0.05) is 160 Å². The molecule has 0 spiro atoms. The van der Waals surface area contributed by atoms with Crippen LogP contribution in [-0.2, 0) is 11.2 Å². The molecule has 0 saturated heterocycles. The molecular formula is C40H64O3. The van der Waals surface area contributed by atoms with Crippen molar-refractivity contribution < 1.29 is 14.3 Å². The minimum Gasteiger partial charge on any atom is -0.423 e. The van der Waals surface area contributed by atoms with Gasteiger partial charge >= 0.3 is 5.97 Å². The summed E-state index contributed by atoms with van der Waals surface area (Å²) in [4.78, 5) is 12.7. The van der Waals surface area contributed by atoms with Gasteiger partial charge in [-0.3, -0.25) is 0 Å². The Balaban J connectivity index is 1.54. The molecule has 43 heavy (non-hydrogen) atoms. The predicted octanol–water partition coefficient (Wildman–Crippen LogP) is 12.8. The monoisotopic (exact) mass is 592 g/mol. The largest absolute Gasteiger partial charge is 0.423 e. The Kier molecular flexibility index (Phi) is 21.7. The van der Waals surface area contributed by atoms with Gasteiger partial charge in [0.1, 0.15) is 5.75 Å². The number of rotatable bonds is 27. The molecule has 0 saturated carbocycles. The van der Waals surface area contributed by atoms with Crippen molar-refractivity contribution in [3.63, 3.8) is 0 Å². The van der Waals surface area contributed by atoms with Gasteiger partial charge in [0, 0.05) is 6.61 Å². The van der Waals surface area contributed by atoms with Crippen LogP contribution in [0, 0.1) is 0 Å². The van der Waals surface area contributed by atoms with Crippen LogP contribution in [0.4, 0.5) is 0 Å². The zero-order valence-electron chi connectivity index (χ0n) is 28.2. The Morgan fingerprint density at radius 3 is 1.49 bits per heavy atom. The van der Waals surface area contributed by atoms with E-state index in [1.165, 1.54) is 134 Å². The average molecular weight is 593 g/mol. The smallest absolute Gasteiger partial charge is 0.343 e. The van der Waals surface area contributed by atoms with E-state index in [-0.39, 0.29) is 12.1 Å². The molecule has 0 heterocycles. The third-order valence-corrected chi connectivity index (χ3v) is 8.68. The summed E-state index contributed by atoms with van der Waals surface area (Å²) in [6.07, 6.45) is 29.4. The molecule has 2 rings (SSSR count). The Hall–Kier alpha value is -2.13. The van der Waals surface area contributed by atoms with Crippen molar-refractivity contribution in [2.45, 2.75) is 168 Å². The molecule has 0 aliphatic carbocycles. The van der Waals surface area contributed by atoms with Gasteiger partial charge in [-0.15, -0.1) is 0 Å². The topological polar surface area (TPSA) is 35.5 Å². The molecule has 1 atom stereocenters. The van der Waals surface area contributed by atoms with Crippen LogP contribution in [0.3, 0.4) is 0 Å². The van der Waals surface area contributed by atoms with Gasteiger partial charge in [0.15, 0.2) is 0 Å². The lowest BCUT2D eigenvalue weighted by molar-refractivity contribution is 0.0627. The third-order valence-electron chi connectivity index (χ3n) is 8.68. The standard InChI is InChI=1S/C40H64O3/c1-4-6-8-10-12-14-15-16-17-18-19-21-23-25-36-26-28-38(29-27-36)40(41)43-39-32-30-37(31-33-39)35(3)42-34-24-22-20-13-11-9-7-5-2/h26-33,35H,4-25,34H2,1-3H3. The second-order valence-electron chi connectivity index (χ2n) is 12.6. The first-order chi connectivity index (χ1) is 21.1. The summed E-state index contributed by atoms with van der Waals surface area (Å²) in [6, 6.07) is 15.7. The van der Waals surface area contributed by atoms with E-state index in [0.717, 1.165) is 25.0 Å². The summed E-state index contributed by atoms with van der Waals surface area (Å²) < 4.78 is 11.7. The van der Waals surface area contributed by atoms with E-state index < -0.39 is 0 Å². The Labute approximate surface area is 265 Å². The molecule has 2 aromatic carbocycles. The van der Waals surface area contributed by atoms with Crippen molar-refractivity contribution in [3.8, 4) is 5.75 Å². The quantitative estimate of drug-likeness (QED) is 0.0588. The van der Waals surface area contributed by atoms with Crippen LogP contribution in [0.5, 0.6) is 5.75 Å². The number of aryl methyl sites for hydroxylation is 1. The van der Waals surface area contributed by atoms with Crippen LogP contribution in [0.15, 0.2) is 48.5 Å². The number of hydrogen-bond acceptors (Lipinski definition) is 3. The van der Waals surface area contributed by atoms with Gasteiger partial charge in [-0.25, -0.2) is 4.79 Å². The molecule has 1 unspecified atom stereocenters. The molecule has 0 amide bonds. The number of carbonyl (C=O) groups is 1. The van der Waals surface area contributed by atoms with Gasteiger partial charge in [-0.2, -0.15) is 0 Å². The first kappa shape index (κ1) is 37.1. The Bertz CT molecular complexity index is 918. The van der Waals surface area contributed by atoms with E-state index in [2.05, 4.69) is 32.9 Å². The first-order valence-corrected chi connectivity index (χ1v) is 18.2. The number of carbonyl (C=O) groups excluding carboxylic acids is 1. The molecular weight excluding hydrogens is 528 g/mol. The van der Waals surface area contributed by atoms with Gasteiger partial charge in [0.05, 0.1) is 11.7 Å². The zero-order valence-corrected chi connectivity index (χ0v) is 28.2. The van der Waals surface area contributed by atoms with Crippen molar-refractivity contribution in [2.75, 3.05) is 6.61 Å². The van der Waals surface area contributed by atoms with E-state index in [1.54, 1.807) is 0 Å². The summed E-state index contributed by atoms with van der Waals surface area (Å²) in [7, 11) is 0. The van der Waals surface area contributed by atoms with Crippen LogP contribution in [0.25, 0.3) is 0 Å². The Morgan fingerprint density at radius 1 is 0.558 bits per heavy atom. The average Bonchev–Trinajstić information content (AvgIpc) is 3.03. The lowest BCUT2D eigenvalue weighted by Crippen LogP contribution is -2.08. The maximum absolute atomic E-state index is 12.7. The molecule has 0 aromatic heterocycles. The summed E-state index contributed by atoms with van der Waals surface area (Å²) >= 11 is 0. The molecule has 0 fully saturated rings. The maximum atomic E-state index is 12.7. The predicted molar refractivity (Wildman–Crippen MR) is 184 cm³/mol. The van der Waals surface area contributed by atoms with Crippen molar-refractivity contribution >= 4 is 5.97 Å². The van der Waals surface area contributed by atoms with Gasteiger partial charge in [0.2, 0.25) is 0 Å². The summed E-state index contributed by atoms with van der Waals surface area (Å²) in [5, 5.41) is 0. The third kappa shape index (κ3) is 18.3. The molecule has 0 N–H and O–H groups in total. The van der Waals surface area contributed by atoms with E-state index in [1.807, 2.05) is 36.4 Å². The molecule has 3 nitrogen and oxygen atoms in total. The van der Waals surface area contributed by atoms with Crippen molar-refractivity contribution in [2.24, 2.45) is 0 Å². The SMILES string of the molecule is CCCCCCCCCCCCCCCc1ccc(C(=O)Oc2ccc(C(C)OCCCCCCCCCC)cc2)cc1. The fourth-order valence-electron chi connectivity index (χ4n) is 5.72. The first-order valence-electron chi connectivity index (χ1n) is 18.2. The van der Waals surface area contributed by atoms with Crippen molar-refractivity contribution in [3.05, 3.63) is 65.2 Å². The van der Waals surface area contributed by atoms with Crippen LogP contribution >= 0.6 is 0 Å². The highest BCUT2D eigenvalue weighted by Crippen LogP contribution is 2.22. The number of ether oxygens (including phenoxy) is 2. The van der Waals surface area contributed by atoms with Gasteiger partial charge in [0.25, 0.3) is 0 Å². The number of benzene rings is 2. The summed E-state index contributed by atoms with van der Waals surface area (Å²) in [5.74, 6) is 0.263. The van der Waals surface area contributed by atoms with Crippen LogP contribution < -0.4 is 4.74 Å². The number of unbranched alkanes of at least 4 members (excludes halogenated alkanes) is 19. The fourth-order valence-corrected chi connectivity index (χ4v) is 5.72. The maximum Gasteiger partial charge on any atom is 0.343 e. The lowest BCUT2D eigenvalue weighted by Gasteiger charge is -2.14. The van der Waals surface area contributed by atoms with E-state index in [9.17, 15) is 4.79 Å². The number of esters is 1. The molecule has 0 aliphatic heterocycles. The highest BCUT2D eigenvalue weighted by molar-refractivity contribution is 5.91. The van der Waals surface area contributed by atoms with Crippen LogP contribution in [0.1, 0.15) is 183 Å². The second kappa shape index (κ2) is 25.2. The molecule has 3 heteroatoms. The summed E-state index contributed by atoms with van der Waals surface area (Å²) in [5.41, 5.74) is 3.00. The zero-order chi connectivity index (χ0) is 30.8. The van der Waals surface area contributed by atoms with E-state index >= 15 is 0 Å². The lowest BCUT2D eigenvalue weighted by atomic mass is 10.0. The Morgan fingerprint density at radius 2 is 1.00 bits per heavy atom. The molecule has 0 bridgehead atoms. The molecule has 0 radical (unpaired) electrons. The van der Waals surface area contributed by atoms with Crippen molar-refractivity contribution in [1.82, 2.24) is 0 Å². The highest BCUT2D eigenvalue weighted by Gasteiger charge is 2.11. The van der Waals surface area contributed by atoms with E-state index in [4.69, 9.17) is 9.47 Å².